The minimum atomic E-state index is -0.928. The van der Waals surface area contributed by atoms with E-state index in [4.69, 9.17) is 11.6 Å². The summed E-state index contributed by atoms with van der Waals surface area (Å²) in [6.07, 6.45) is 4.15. The highest BCUT2D eigenvalue weighted by Crippen LogP contribution is 2.33. The quantitative estimate of drug-likeness (QED) is 0.619. The zero-order valence-electron chi connectivity index (χ0n) is 18.7. The Morgan fingerprint density at radius 2 is 2.00 bits per heavy atom. The molecule has 9 nitrogen and oxygen atoms in total. The maximum atomic E-state index is 13.0. The maximum absolute atomic E-state index is 13.0. The fourth-order valence-corrected chi connectivity index (χ4v) is 4.30. The van der Waals surface area contributed by atoms with Crippen LogP contribution < -0.4 is 10.2 Å². The second-order valence-corrected chi connectivity index (χ2v) is 8.47. The van der Waals surface area contributed by atoms with E-state index in [-0.39, 0.29) is 11.4 Å². The van der Waals surface area contributed by atoms with Gasteiger partial charge in [0.15, 0.2) is 11.6 Å². The van der Waals surface area contributed by atoms with Crippen LogP contribution in [-0.4, -0.2) is 37.4 Å². The van der Waals surface area contributed by atoms with Crippen LogP contribution in [0.15, 0.2) is 30.5 Å². The first-order valence-electron chi connectivity index (χ1n) is 10.7. The lowest BCUT2D eigenvalue weighted by Gasteiger charge is -2.27. The zero-order chi connectivity index (χ0) is 23.7. The summed E-state index contributed by atoms with van der Waals surface area (Å²) in [5, 5.41) is 21.9. The molecule has 0 bridgehead atoms. The van der Waals surface area contributed by atoms with E-state index >= 15 is 0 Å². The third kappa shape index (κ3) is 4.22. The number of amides is 2. The number of hydrogen-bond donors (Lipinski definition) is 1. The van der Waals surface area contributed by atoms with Crippen molar-refractivity contribution in [1.82, 2.24) is 19.6 Å². The van der Waals surface area contributed by atoms with Gasteiger partial charge in [0.05, 0.1) is 11.9 Å². The first kappa shape index (κ1) is 22.6. The van der Waals surface area contributed by atoms with Crippen molar-refractivity contribution in [2.75, 3.05) is 10.2 Å². The van der Waals surface area contributed by atoms with Gasteiger partial charge >= 0.3 is 0 Å². The lowest BCUT2D eigenvalue weighted by Crippen LogP contribution is -2.46. The number of aromatic nitrogens is 4. The highest BCUT2D eigenvalue weighted by Gasteiger charge is 2.33. The highest BCUT2D eigenvalue weighted by molar-refractivity contribution is 6.33. The molecule has 1 aromatic carbocycles. The molecular formula is C23H24ClN7O2. The van der Waals surface area contributed by atoms with Crippen molar-refractivity contribution < 1.29 is 9.59 Å². The van der Waals surface area contributed by atoms with Crippen LogP contribution in [-0.2, 0) is 22.6 Å². The molecule has 3 aromatic rings. The number of nitriles is 1. The van der Waals surface area contributed by atoms with Crippen molar-refractivity contribution in [1.29, 1.82) is 5.26 Å². The zero-order valence-corrected chi connectivity index (χ0v) is 19.4. The summed E-state index contributed by atoms with van der Waals surface area (Å²) >= 11 is 6.64. The van der Waals surface area contributed by atoms with Crippen molar-refractivity contribution >= 4 is 34.9 Å². The molecule has 33 heavy (non-hydrogen) atoms. The van der Waals surface area contributed by atoms with Gasteiger partial charge in [0.25, 0.3) is 0 Å². The van der Waals surface area contributed by atoms with Crippen LogP contribution in [0.4, 0.5) is 11.5 Å². The van der Waals surface area contributed by atoms with Crippen LogP contribution in [0, 0.1) is 18.3 Å². The number of anilines is 2. The van der Waals surface area contributed by atoms with Crippen LogP contribution >= 0.6 is 11.6 Å². The van der Waals surface area contributed by atoms with Crippen LogP contribution in [0.5, 0.6) is 0 Å². The molecule has 0 fully saturated rings. The van der Waals surface area contributed by atoms with E-state index in [9.17, 15) is 14.9 Å². The molecule has 0 saturated carbocycles. The van der Waals surface area contributed by atoms with Gasteiger partial charge in [-0.05, 0) is 45.2 Å². The van der Waals surface area contributed by atoms with Crippen molar-refractivity contribution in [3.63, 3.8) is 0 Å². The number of fused-ring (bicyclic) bond motifs is 1. The molecule has 0 aliphatic carbocycles. The van der Waals surface area contributed by atoms with Crippen molar-refractivity contribution in [3.05, 3.63) is 52.3 Å². The summed E-state index contributed by atoms with van der Waals surface area (Å²) in [7, 11) is 0. The van der Waals surface area contributed by atoms with E-state index in [1.807, 2.05) is 23.7 Å². The van der Waals surface area contributed by atoms with E-state index in [1.54, 1.807) is 19.1 Å². The molecule has 1 aliphatic rings. The fourth-order valence-electron chi connectivity index (χ4n) is 3.99. The van der Waals surface area contributed by atoms with Crippen molar-refractivity contribution in [2.45, 2.75) is 52.6 Å². The molecule has 170 valence electrons. The average molecular weight is 466 g/mol. The molecule has 1 unspecified atom stereocenters. The van der Waals surface area contributed by atoms with Crippen LogP contribution in [0.3, 0.4) is 0 Å². The highest BCUT2D eigenvalue weighted by atomic mass is 35.5. The normalized spacial score (nSPS) is 13.7. The van der Waals surface area contributed by atoms with Gasteiger partial charge in [-0.25, -0.2) is 0 Å². The minimum absolute atomic E-state index is 0.141. The van der Waals surface area contributed by atoms with Crippen LogP contribution in [0.25, 0.3) is 5.82 Å². The third-order valence-electron chi connectivity index (χ3n) is 5.73. The summed E-state index contributed by atoms with van der Waals surface area (Å²) < 4.78 is 3.22. The molecule has 2 amide bonds. The van der Waals surface area contributed by atoms with E-state index in [0.717, 1.165) is 37.1 Å². The van der Waals surface area contributed by atoms with Crippen LogP contribution in [0.1, 0.15) is 43.5 Å². The Morgan fingerprint density at radius 3 is 2.64 bits per heavy atom. The van der Waals surface area contributed by atoms with Gasteiger partial charge < -0.3 is 5.32 Å². The molecule has 10 heteroatoms. The van der Waals surface area contributed by atoms with Gasteiger partial charge in [-0.15, -0.1) is 0 Å². The number of nitrogens with one attached hydrogen (secondary N) is 1. The Labute approximate surface area is 196 Å². The molecular weight excluding hydrogens is 442 g/mol. The number of benzene rings is 1. The number of aryl methyl sites for hydroxylation is 2. The summed E-state index contributed by atoms with van der Waals surface area (Å²) in [6, 6.07) is 8.48. The average Bonchev–Trinajstić information content (AvgIpc) is 3.36. The molecule has 4 rings (SSSR count). The van der Waals surface area contributed by atoms with E-state index < -0.39 is 17.9 Å². The Bertz CT molecular complexity index is 1250. The van der Waals surface area contributed by atoms with E-state index in [1.165, 1.54) is 22.7 Å². The summed E-state index contributed by atoms with van der Waals surface area (Å²) in [5.74, 6) is -0.322. The first-order chi connectivity index (χ1) is 15.8. The standard InChI is InChI=1S/C23H24ClN7O2/c1-14-7-9-18(10-8-14)27-22(33)15(2)30(16(3)32)23-17(12-25)13-26-31(23)21-20(24)19-6-4-5-11-29(19)28-21/h7-10,13,15H,4-6,11H2,1-3H3,(H,27,33). The number of halogens is 1. The topological polar surface area (TPSA) is 109 Å². The Balaban J connectivity index is 1.74. The fraction of sp³-hybridized carbons (Fsp3) is 0.348. The smallest absolute Gasteiger partial charge is 0.247 e. The van der Waals surface area contributed by atoms with Crippen molar-refractivity contribution in [2.24, 2.45) is 0 Å². The van der Waals surface area contributed by atoms with Gasteiger partial charge in [-0.1, -0.05) is 29.3 Å². The van der Waals surface area contributed by atoms with E-state index in [0.29, 0.717) is 16.5 Å². The van der Waals surface area contributed by atoms with Gasteiger partial charge in [0.1, 0.15) is 22.7 Å². The minimum Gasteiger partial charge on any atom is -0.324 e. The number of carbonyl (C=O) groups is 2. The van der Waals surface area contributed by atoms with Gasteiger partial charge in [-0.2, -0.15) is 20.1 Å². The summed E-state index contributed by atoms with van der Waals surface area (Å²) in [5.41, 5.74) is 2.72. The maximum Gasteiger partial charge on any atom is 0.247 e. The molecule has 0 spiro atoms. The van der Waals surface area contributed by atoms with Crippen LogP contribution in [0.2, 0.25) is 5.02 Å². The number of rotatable bonds is 5. The molecule has 1 N–H and O–H groups in total. The first-order valence-corrected chi connectivity index (χ1v) is 11.1. The molecule has 1 atom stereocenters. The molecule has 0 saturated heterocycles. The summed E-state index contributed by atoms with van der Waals surface area (Å²) in [4.78, 5) is 27.1. The number of carbonyl (C=O) groups excluding carboxylic acids is 2. The lowest BCUT2D eigenvalue weighted by atomic mass is 10.1. The van der Waals surface area contributed by atoms with E-state index in [2.05, 4.69) is 21.6 Å². The van der Waals surface area contributed by atoms with Crippen molar-refractivity contribution in [3.8, 4) is 11.9 Å². The van der Waals surface area contributed by atoms with Gasteiger partial charge in [0.2, 0.25) is 11.8 Å². The Hall–Kier alpha value is -3.64. The lowest BCUT2D eigenvalue weighted by molar-refractivity contribution is -0.122. The van der Waals surface area contributed by atoms with Gasteiger partial charge in [-0.3, -0.25) is 19.2 Å². The third-order valence-corrected chi connectivity index (χ3v) is 6.12. The Kier molecular flexibility index (Phi) is 6.20. The molecule has 3 heterocycles. The second-order valence-electron chi connectivity index (χ2n) is 8.09. The number of nitrogens with zero attached hydrogens (tertiary/aromatic N) is 6. The SMILES string of the molecule is CC(=O)N(c1c(C#N)cnn1-c1nn2c(c1Cl)CCCC2)C(C)C(=O)Nc1ccc(C)cc1. The molecule has 0 radical (unpaired) electrons. The number of hydrogen-bond acceptors (Lipinski definition) is 5. The monoisotopic (exact) mass is 465 g/mol. The largest absolute Gasteiger partial charge is 0.324 e. The van der Waals surface area contributed by atoms with Gasteiger partial charge in [0, 0.05) is 19.2 Å². The summed E-state index contributed by atoms with van der Waals surface area (Å²) in [6.45, 7) is 5.63. The Morgan fingerprint density at radius 1 is 1.27 bits per heavy atom. The second kappa shape index (κ2) is 9.08. The molecule has 1 aliphatic heterocycles. The molecule has 2 aromatic heterocycles. The predicted molar refractivity (Wildman–Crippen MR) is 124 cm³/mol. The predicted octanol–water partition coefficient (Wildman–Crippen LogP) is 3.62.